The maximum Gasteiger partial charge on any atom is 0.0272 e. The predicted molar refractivity (Wildman–Crippen MR) is 113 cm³/mol. The van der Waals surface area contributed by atoms with Gasteiger partial charge in [-0.3, -0.25) is 0 Å². The molecular weight excluding hydrogens is 436 g/mol. The number of alkyl carbamates (subject to hydrolysis) is 2. The zero-order valence-corrected chi connectivity index (χ0v) is 21.0. The van der Waals surface area contributed by atoms with Crippen LogP contribution in [0.15, 0.2) is 0 Å². The average molecular weight is 474 g/mol. The number of nitrogens with one attached hydrogen (secondary N) is 2. The molecule has 0 spiro atoms. The summed E-state index contributed by atoms with van der Waals surface area (Å²) in [7, 11) is 3.65. The van der Waals surface area contributed by atoms with E-state index in [1.54, 1.807) is 21.3 Å². The van der Waals surface area contributed by atoms with Crippen LogP contribution in [-0.4, -0.2) is 98.8 Å². The van der Waals surface area contributed by atoms with E-state index in [1.807, 2.05) is 0 Å². The Morgan fingerprint density at radius 1 is 0.733 bits per heavy atom. The van der Waals surface area contributed by atoms with Crippen LogP contribution in [0.3, 0.4) is 0 Å². The van der Waals surface area contributed by atoms with Crippen molar-refractivity contribution < 1.29 is 45.6 Å². The van der Waals surface area contributed by atoms with E-state index in [0.717, 1.165) is 0 Å². The van der Waals surface area contributed by atoms with Gasteiger partial charge in [-0.2, -0.15) is 0 Å². The minimum absolute atomic E-state index is 0.0546. The third-order valence-electron chi connectivity index (χ3n) is 4.49. The van der Waals surface area contributed by atoms with Gasteiger partial charge in [0.25, 0.3) is 0 Å². The Hall–Kier alpha value is -1.27. The first-order valence-corrected chi connectivity index (χ1v) is 13.8. The van der Waals surface area contributed by atoms with E-state index >= 15 is 0 Å². The van der Waals surface area contributed by atoms with E-state index < -0.39 is 29.8 Å². The molecule has 30 heavy (non-hydrogen) atoms. The number of hydrogen-bond donors (Lipinski definition) is 2. The van der Waals surface area contributed by atoms with Crippen LogP contribution in [0.4, 0.5) is 9.59 Å². The molecular formula is C16H37N2O10Si2-. The number of ether oxygens (including phenoxy) is 2. The average Bonchev–Trinajstić information content (AvgIpc) is 2.78. The van der Waals surface area contributed by atoms with Gasteiger partial charge in [-0.1, -0.05) is 0 Å². The second-order valence-electron chi connectivity index (χ2n) is 6.16. The SMILES string of the molecule is CO[Si](CCCNC(=O)OCCOC(=O)NCCC[SiH-](OC)(OC)OC)(OC)OC. The second-order valence-corrected chi connectivity index (χ2v) is 12.8. The fourth-order valence-corrected chi connectivity index (χ4v) is 6.32. The first-order chi connectivity index (χ1) is 14.4. The smallest absolute Gasteiger partial charge is 0.0272 e. The molecule has 12 nitrogen and oxygen atoms in total. The van der Waals surface area contributed by atoms with E-state index in [1.165, 1.54) is 21.3 Å². The molecule has 0 saturated carbocycles. The van der Waals surface area contributed by atoms with E-state index in [2.05, 4.69) is 10.6 Å². The van der Waals surface area contributed by atoms with Crippen molar-refractivity contribution in [2.45, 2.75) is 24.9 Å². The standard InChI is InChI=1S/C16H37N2O10Si2/c1-21-29(22-2,23-3)13-7-9-17-15(19)27-11-12-28-16(20)18-10-8-14-30(24-4,25-5)26-6/h29H,7-14H2,1-6H3,(H,17,19)(H,18,20)/q-1. The molecule has 0 radical (unpaired) electrons. The van der Waals surface area contributed by atoms with Gasteiger partial charge >= 0.3 is 133 Å². The number of amides is 2. The normalized spacial score (nSPS) is 12.3. The molecule has 0 unspecified atom stereocenters. The van der Waals surface area contributed by atoms with Gasteiger partial charge in [0.1, 0.15) is 0 Å². The van der Waals surface area contributed by atoms with E-state index in [9.17, 15) is 9.59 Å². The number of hydrogen-bond acceptors (Lipinski definition) is 10. The number of rotatable bonds is 17. The summed E-state index contributed by atoms with van der Waals surface area (Å²) in [6, 6.07) is 1.14. The van der Waals surface area contributed by atoms with Crippen molar-refractivity contribution in [2.75, 3.05) is 69.0 Å². The van der Waals surface area contributed by atoms with Crippen LogP contribution in [0.25, 0.3) is 0 Å². The van der Waals surface area contributed by atoms with Gasteiger partial charge in [0.2, 0.25) is 0 Å². The van der Waals surface area contributed by atoms with Gasteiger partial charge in [0.05, 0.1) is 0 Å². The van der Waals surface area contributed by atoms with Crippen LogP contribution in [0.1, 0.15) is 12.8 Å². The van der Waals surface area contributed by atoms with Gasteiger partial charge in [0, 0.05) is 27.4 Å². The van der Waals surface area contributed by atoms with E-state index in [4.69, 9.17) is 36.0 Å². The van der Waals surface area contributed by atoms with Crippen LogP contribution in [0, 0.1) is 0 Å². The summed E-state index contributed by atoms with van der Waals surface area (Å²) in [4.78, 5) is 23.2. The zero-order chi connectivity index (χ0) is 22.9. The summed E-state index contributed by atoms with van der Waals surface area (Å²) in [6.45, 7) is 0.648. The summed E-state index contributed by atoms with van der Waals surface area (Å²) < 4.78 is 41.7. The van der Waals surface area contributed by atoms with Crippen LogP contribution in [0.2, 0.25) is 12.1 Å². The van der Waals surface area contributed by atoms with Crippen LogP contribution in [0.5, 0.6) is 0 Å². The molecule has 2 amide bonds. The predicted octanol–water partition coefficient (Wildman–Crippen LogP) is 0.708. The molecule has 0 aliphatic rings. The first kappa shape index (κ1) is 28.7. The quantitative estimate of drug-likeness (QED) is 0.230. The van der Waals surface area contributed by atoms with Crippen molar-refractivity contribution in [2.24, 2.45) is 0 Å². The molecule has 0 aliphatic carbocycles. The molecule has 0 fully saturated rings. The van der Waals surface area contributed by atoms with Crippen molar-refractivity contribution in [3.05, 3.63) is 0 Å². The molecule has 2 N–H and O–H groups in total. The molecule has 0 heterocycles. The van der Waals surface area contributed by atoms with Crippen molar-refractivity contribution in [3.63, 3.8) is 0 Å². The van der Waals surface area contributed by atoms with Crippen LogP contribution < -0.4 is 10.6 Å². The third kappa shape index (κ3) is 11.2. The summed E-state index contributed by atoms with van der Waals surface area (Å²) in [5.74, 6) is 0. The van der Waals surface area contributed by atoms with E-state index in [-0.39, 0.29) is 13.2 Å². The molecule has 0 rings (SSSR count). The monoisotopic (exact) mass is 473 g/mol. The summed E-state index contributed by atoms with van der Waals surface area (Å²) >= 11 is 0. The van der Waals surface area contributed by atoms with Gasteiger partial charge in [-0.15, -0.1) is 0 Å². The molecule has 0 saturated heterocycles. The fraction of sp³-hybridized carbons (Fsp3) is 0.875. The van der Waals surface area contributed by atoms with E-state index in [0.29, 0.717) is 38.0 Å². The molecule has 0 aromatic rings. The van der Waals surface area contributed by atoms with Gasteiger partial charge in [0.15, 0.2) is 0 Å². The Morgan fingerprint density at radius 3 is 1.57 bits per heavy atom. The van der Waals surface area contributed by atoms with Crippen molar-refractivity contribution in [1.29, 1.82) is 0 Å². The summed E-state index contributed by atoms with van der Waals surface area (Å²) in [6.07, 6.45) is 0.0322. The largest absolute Gasteiger partial charge is 0.377 e. The molecule has 180 valence electrons. The van der Waals surface area contributed by atoms with Gasteiger partial charge in [-0.25, -0.2) is 0 Å². The molecule has 0 atom stereocenters. The van der Waals surface area contributed by atoms with Crippen LogP contribution in [-0.2, 0) is 36.0 Å². The maximum absolute atomic E-state index is 11.6. The molecule has 0 aromatic heterocycles. The Balaban J connectivity index is 3.79. The first-order valence-electron chi connectivity index (χ1n) is 9.63. The third-order valence-corrected chi connectivity index (χ3v) is 10.6. The minimum atomic E-state index is -2.94. The molecule has 0 bridgehead atoms. The van der Waals surface area contributed by atoms with Gasteiger partial charge < -0.3 is 13.3 Å². The molecule has 0 aliphatic heterocycles. The van der Waals surface area contributed by atoms with Crippen molar-refractivity contribution in [3.8, 4) is 0 Å². The molecule has 14 heteroatoms. The minimum Gasteiger partial charge on any atom is -0.377 e. The Labute approximate surface area is 180 Å². The number of carbonyl (C=O) groups excluding carboxylic acids is 2. The fourth-order valence-electron chi connectivity index (χ4n) is 2.61. The molecule has 0 aromatic carbocycles. The van der Waals surface area contributed by atoms with Crippen molar-refractivity contribution >= 4 is 29.8 Å². The maximum atomic E-state index is 11.6. The Kier molecular flexibility index (Phi) is 15.7. The zero-order valence-electron chi connectivity index (χ0n) is 18.8. The topological polar surface area (TPSA) is 132 Å². The number of carbonyl (C=O) groups is 2. The Bertz CT molecular complexity index is 420. The Morgan fingerprint density at radius 2 is 1.17 bits per heavy atom. The summed E-state index contributed by atoms with van der Waals surface area (Å²) in [5, 5.41) is 5.19. The summed E-state index contributed by atoms with van der Waals surface area (Å²) in [5.41, 5.74) is 0. The van der Waals surface area contributed by atoms with Crippen LogP contribution >= 0.6 is 0 Å². The van der Waals surface area contributed by atoms with Crippen molar-refractivity contribution in [1.82, 2.24) is 10.6 Å². The van der Waals surface area contributed by atoms with Gasteiger partial charge in [-0.05, 0) is 6.42 Å². The second kappa shape index (κ2) is 16.4.